The number of amides is 1. The Bertz CT molecular complexity index is 457. The topological polar surface area (TPSA) is 41.6 Å². The maximum Gasteiger partial charge on any atom is 0.225 e. The van der Waals surface area contributed by atoms with Crippen LogP contribution < -0.4 is 10.1 Å². The van der Waals surface area contributed by atoms with Crippen molar-refractivity contribution in [2.45, 2.75) is 25.3 Å². The molecule has 1 aliphatic carbocycles. The Labute approximate surface area is 114 Å². The molecule has 4 heteroatoms. The van der Waals surface area contributed by atoms with E-state index in [0.29, 0.717) is 19.1 Å². The number of rotatable bonds is 5. The molecular weight excluding hydrogens is 240 g/mol. The lowest BCUT2D eigenvalue weighted by Crippen LogP contribution is -2.23. The Kier molecular flexibility index (Phi) is 4.43. The van der Waals surface area contributed by atoms with Crippen molar-refractivity contribution in [2.24, 2.45) is 0 Å². The van der Waals surface area contributed by atoms with Crippen LogP contribution >= 0.6 is 0 Å². The molecule has 4 nitrogen and oxygen atoms in total. The van der Waals surface area contributed by atoms with E-state index in [9.17, 15) is 4.79 Å². The fourth-order valence-corrected chi connectivity index (χ4v) is 2.53. The van der Waals surface area contributed by atoms with Crippen LogP contribution in [0.5, 0.6) is 5.75 Å². The first-order chi connectivity index (χ1) is 9.13. The lowest BCUT2D eigenvalue weighted by Gasteiger charge is -2.14. The van der Waals surface area contributed by atoms with Gasteiger partial charge in [-0.05, 0) is 37.1 Å². The molecule has 104 valence electrons. The van der Waals surface area contributed by atoms with Gasteiger partial charge >= 0.3 is 0 Å². The van der Waals surface area contributed by atoms with Crippen LogP contribution in [0.2, 0.25) is 0 Å². The van der Waals surface area contributed by atoms with Crippen LogP contribution in [0.15, 0.2) is 18.2 Å². The fourth-order valence-electron chi connectivity index (χ4n) is 2.53. The van der Waals surface area contributed by atoms with E-state index < -0.39 is 0 Å². The van der Waals surface area contributed by atoms with E-state index in [1.54, 1.807) is 19.0 Å². The molecule has 1 unspecified atom stereocenters. The fraction of sp³-hybridized carbons (Fsp3) is 0.533. The molecule has 1 amide bonds. The Morgan fingerprint density at radius 1 is 1.47 bits per heavy atom. The van der Waals surface area contributed by atoms with Crippen LogP contribution in [-0.4, -0.2) is 38.6 Å². The van der Waals surface area contributed by atoms with E-state index in [2.05, 4.69) is 11.4 Å². The molecule has 1 atom stereocenters. The number of carbonyl (C=O) groups is 1. The predicted molar refractivity (Wildman–Crippen MR) is 75.4 cm³/mol. The molecule has 0 spiro atoms. The molecule has 0 bridgehead atoms. The number of hydrogen-bond donors (Lipinski definition) is 1. The molecular formula is C15H22N2O2. The van der Waals surface area contributed by atoms with E-state index in [4.69, 9.17) is 4.74 Å². The van der Waals surface area contributed by atoms with Crippen molar-refractivity contribution in [3.8, 4) is 5.75 Å². The minimum Gasteiger partial charge on any atom is -0.493 e. The van der Waals surface area contributed by atoms with Crippen LogP contribution in [0.4, 0.5) is 0 Å². The van der Waals surface area contributed by atoms with Crippen molar-refractivity contribution < 1.29 is 9.53 Å². The third-order valence-corrected chi connectivity index (χ3v) is 3.65. The highest BCUT2D eigenvalue weighted by molar-refractivity contribution is 5.75. The van der Waals surface area contributed by atoms with Crippen molar-refractivity contribution in [2.75, 3.05) is 27.7 Å². The first-order valence-electron chi connectivity index (χ1n) is 6.75. The lowest BCUT2D eigenvalue weighted by atomic mass is 10.1. The first kappa shape index (κ1) is 13.9. The summed E-state index contributed by atoms with van der Waals surface area (Å²) in [6.07, 6.45) is 2.58. The molecule has 0 aliphatic heterocycles. The standard InChI is InChI=1S/C15H22N2O2/c1-16-13-8-7-12-11(13)5-4-6-14(12)19-10-9-15(18)17(2)3/h4-6,13,16H,7-10H2,1-3H3. The number of benzene rings is 1. The summed E-state index contributed by atoms with van der Waals surface area (Å²) >= 11 is 0. The van der Waals surface area contributed by atoms with E-state index in [-0.39, 0.29) is 5.91 Å². The number of hydrogen-bond acceptors (Lipinski definition) is 3. The van der Waals surface area contributed by atoms with Crippen molar-refractivity contribution in [3.05, 3.63) is 29.3 Å². The zero-order chi connectivity index (χ0) is 13.8. The minimum atomic E-state index is 0.0978. The highest BCUT2D eigenvalue weighted by Gasteiger charge is 2.23. The molecule has 19 heavy (non-hydrogen) atoms. The van der Waals surface area contributed by atoms with Gasteiger partial charge in [-0.15, -0.1) is 0 Å². The van der Waals surface area contributed by atoms with Gasteiger partial charge in [0.25, 0.3) is 0 Å². The highest BCUT2D eigenvalue weighted by atomic mass is 16.5. The van der Waals surface area contributed by atoms with Gasteiger partial charge in [-0.3, -0.25) is 4.79 Å². The maximum atomic E-state index is 11.5. The summed E-state index contributed by atoms with van der Waals surface area (Å²) in [5, 5.41) is 3.32. The molecule has 1 N–H and O–H groups in total. The summed E-state index contributed by atoms with van der Waals surface area (Å²) in [7, 11) is 5.52. The highest BCUT2D eigenvalue weighted by Crippen LogP contribution is 2.36. The first-order valence-corrected chi connectivity index (χ1v) is 6.75. The zero-order valence-electron chi connectivity index (χ0n) is 11.9. The molecule has 0 radical (unpaired) electrons. The molecule has 0 saturated heterocycles. The predicted octanol–water partition coefficient (Wildman–Crippen LogP) is 1.75. The summed E-state index contributed by atoms with van der Waals surface area (Å²) in [6, 6.07) is 6.61. The molecule has 2 rings (SSSR count). The molecule has 0 saturated carbocycles. The summed E-state index contributed by atoms with van der Waals surface area (Å²) in [5.74, 6) is 1.03. The smallest absolute Gasteiger partial charge is 0.225 e. The summed E-state index contributed by atoms with van der Waals surface area (Å²) in [6.45, 7) is 0.442. The van der Waals surface area contributed by atoms with Gasteiger partial charge in [-0.2, -0.15) is 0 Å². The maximum absolute atomic E-state index is 11.5. The Morgan fingerprint density at radius 3 is 2.95 bits per heavy atom. The third-order valence-electron chi connectivity index (χ3n) is 3.65. The zero-order valence-corrected chi connectivity index (χ0v) is 11.9. The number of nitrogens with one attached hydrogen (secondary N) is 1. The van der Waals surface area contributed by atoms with Crippen molar-refractivity contribution in [1.82, 2.24) is 10.2 Å². The second-order valence-electron chi connectivity index (χ2n) is 5.09. The molecule has 0 aromatic heterocycles. The number of fused-ring (bicyclic) bond motifs is 1. The van der Waals surface area contributed by atoms with Gasteiger partial charge in [0.1, 0.15) is 5.75 Å². The van der Waals surface area contributed by atoms with Gasteiger partial charge < -0.3 is 15.0 Å². The molecule has 1 aliphatic rings. The number of ether oxygens (including phenoxy) is 1. The monoisotopic (exact) mass is 262 g/mol. The SMILES string of the molecule is CNC1CCc2c(OCCC(=O)N(C)C)cccc21. The van der Waals surface area contributed by atoms with Gasteiger partial charge in [0.05, 0.1) is 13.0 Å². The minimum absolute atomic E-state index is 0.0978. The van der Waals surface area contributed by atoms with Crippen molar-refractivity contribution >= 4 is 5.91 Å². The van der Waals surface area contributed by atoms with Crippen LogP contribution in [0.1, 0.15) is 30.0 Å². The van der Waals surface area contributed by atoms with Crippen molar-refractivity contribution in [3.63, 3.8) is 0 Å². The Balaban J connectivity index is 1.99. The van der Waals surface area contributed by atoms with Crippen molar-refractivity contribution in [1.29, 1.82) is 0 Å². The van der Waals surface area contributed by atoms with E-state index in [1.165, 1.54) is 11.1 Å². The average Bonchev–Trinajstić information content (AvgIpc) is 2.82. The third kappa shape index (κ3) is 3.07. The van der Waals surface area contributed by atoms with Gasteiger partial charge in [0.2, 0.25) is 5.91 Å². The van der Waals surface area contributed by atoms with Gasteiger partial charge in [-0.25, -0.2) is 0 Å². The molecule has 0 heterocycles. The van der Waals surface area contributed by atoms with Crippen LogP contribution in [-0.2, 0) is 11.2 Å². The second kappa shape index (κ2) is 6.06. The van der Waals surface area contributed by atoms with Gasteiger partial charge in [-0.1, -0.05) is 12.1 Å². The van der Waals surface area contributed by atoms with E-state index in [1.807, 2.05) is 19.2 Å². The quantitative estimate of drug-likeness (QED) is 0.879. The average molecular weight is 262 g/mol. The Hall–Kier alpha value is -1.55. The van der Waals surface area contributed by atoms with Gasteiger partial charge in [0, 0.05) is 20.1 Å². The number of carbonyl (C=O) groups excluding carboxylic acids is 1. The van der Waals surface area contributed by atoms with Crippen LogP contribution in [0, 0.1) is 0 Å². The Morgan fingerprint density at radius 2 is 2.26 bits per heavy atom. The normalized spacial score (nSPS) is 17.1. The summed E-state index contributed by atoms with van der Waals surface area (Å²) < 4.78 is 5.79. The summed E-state index contributed by atoms with van der Waals surface area (Å²) in [5.41, 5.74) is 2.62. The number of nitrogens with zero attached hydrogens (tertiary/aromatic N) is 1. The van der Waals surface area contributed by atoms with E-state index in [0.717, 1.165) is 18.6 Å². The lowest BCUT2D eigenvalue weighted by molar-refractivity contribution is -0.129. The largest absolute Gasteiger partial charge is 0.493 e. The van der Waals surface area contributed by atoms with Gasteiger partial charge in [0.15, 0.2) is 0 Å². The molecule has 1 aromatic carbocycles. The van der Waals surface area contributed by atoms with E-state index >= 15 is 0 Å². The molecule has 1 aromatic rings. The van der Waals surface area contributed by atoms with Crippen LogP contribution in [0.3, 0.4) is 0 Å². The second-order valence-corrected chi connectivity index (χ2v) is 5.09. The van der Waals surface area contributed by atoms with Crippen LogP contribution in [0.25, 0.3) is 0 Å². The summed E-state index contributed by atoms with van der Waals surface area (Å²) in [4.78, 5) is 13.1. The molecule has 0 fully saturated rings.